The largest absolute Gasteiger partial charge is 0.478 e. The molecule has 0 amide bonds. The number of pyridine rings is 1. The highest BCUT2D eigenvalue weighted by atomic mass is 16.4. The van der Waals surface area contributed by atoms with Crippen LogP contribution in [0.5, 0.6) is 0 Å². The van der Waals surface area contributed by atoms with Crippen LogP contribution >= 0.6 is 0 Å². The predicted molar refractivity (Wildman–Crippen MR) is 74.1 cm³/mol. The third-order valence-corrected chi connectivity index (χ3v) is 2.88. The molecule has 0 spiro atoms. The molecule has 0 aliphatic heterocycles. The van der Waals surface area contributed by atoms with Gasteiger partial charge in [0.05, 0.1) is 29.2 Å². The van der Waals surface area contributed by atoms with Gasteiger partial charge in [-0.3, -0.25) is 4.98 Å². The number of rotatable bonds is 4. The fourth-order valence-corrected chi connectivity index (χ4v) is 1.82. The summed E-state index contributed by atoms with van der Waals surface area (Å²) in [6.45, 7) is 2.39. The van der Waals surface area contributed by atoms with Crippen molar-refractivity contribution in [1.29, 1.82) is 0 Å². The summed E-state index contributed by atoms with van der Waals surface area (Å²) >= 11 is 0. The number of para-hydroxylation sites is 1. The van der Waals surface area contributed by atoms with E-state index in [4.69, 9.17) is 10.8 Å². The number of carboxylic acids is 1. The van der Waals surface area contributed by atoms with E-state index in [9.17, 15) is 4.79 Å². The van der Waals surface area contributed by atoms with Crippen molar-refractivity contribution in [2.75, 3.05) is 11.1 Å². The minimum atomic E-state index is -1.01. The van der Waals surface area contributed by atoms with Crippen LogP contribution in [0, 0.1) is 6.92 Å². The van der Waals surface area contributed by atoms with E-state index in [1.54, 1.807) is 18.3 Å². The van der Waals surface area contributed by atoms with E-state index in [-0.39, 0.29) is 5.56 Å². The summed E-state index contributed by atoms with van der Waals surface area (Å²) in [5, 5.41) is 12.2. The molecule has 0 radical (unpaired) electrons. The highest BCUT2D eigenvalue weighted by Crippen LogP contribution is 2.24. The highest BCUT2D eigenvalue weighted by Gasteiger charge is 2.12. The Hall–Kier alpha value is -2.56. The van der Waals surface area contributed by atoms with Gasteiger partial charge < -0.3 is 16.2 Å². The zero-order valence-electron chi connectivity index (χ0n) is 10.6. The Morgan fingerprint density at radius 1 is 1.37 bits per heavy atom. The highest BCUT2D eigenvalue weighted by molar-refractivity contribution is 5.97. The van der Waals surface area contributed by atoms with Gasteiger partial charge in [0.25, 0.3) is 0 Å². The van der Waals surface area contributed by atoms with Crippen LogP contribution in [0.2, 0.25) is 0 Å². The van der Waals surface area contributed by atoms with Crippen molar-refractivity contribution in [3.05, 3.63) is 53.3 Å². The van der Waals surface area contributed by atoms with E-state index < -0.39 is 5.97 Å². The van der Waals surface area contributed by atoms with Crippen LogP contribution in [0.3, 0.4) is 0 Å². The minimum absolute atomic E-state index is 0.161. The number of aromatic nitrogens is 1. The molecule has 0 aliphatic carbocycles. The summed E-state index contributed by atoms with van der Waals surface area (Å²) in [6, 6.07) is 8.62. The Morgan fingerprint density at radius 3 is 2.84 bits per heavy atom. The maximum absolute atomic E-state index is 11.1. The summed E-state index contributed by atoms with van der Waals surface area (Å²) in [7, 11) is 0. The van der Waals surface area contributed by atoms with Crippen molar-refractivity contribution in [3.63, 3.8) is 0 Å². The quantitative estimate of drug-likeness (QED) is 0.731. The maximum atomic E-state index is 11.1. The molecule has 0 unspecified atom stereocenters. The number of aryl methyl sites for hydroxylation is 1. The normalized spacial score (nSPS) is 10.2. The molecule has 0 saturated carbocycles. The van der Waals surface area contributed by atoms with Gasteiger partial charge in [0, 0.05) is 6.20 Å². The number of carboxylic acid groups (broad SMARTS) is 1. The van der Waals surface area contributed by atoms with E-state index in [0.717, 1.165) is 11.3 Å². The molecular formula is C14H15N3O2. The lowest BCUT2D eigenvalue weighted by Crippen LogP contribution is -2.10. The molecule has 0 aliphatic rings. The zero-order valence-corrected chi connectivity index (χ0v) is 10.6. The molecule has 5 nitrogen and oxygen atoms in total. The van der Waals surface area contributed by atoms with E-state index >= 15 is 0 Å². The molecular weight excluding hydrogens is 242 g/mol. The van der Waals surface area contributed by atoms with Crippen LogP contribution < -0.4 is 11.1 Å². The van der Waals surface area contributed by atoms with Crippen LogP contribution in [0.4, 0.5) is 11.4 Å². The van der Waals surface area contributed by atoms with Crippen LogP contribution in [-0.4, -0.2) is 16.1 Å². The smallest absolute Gasteiger partial charge is 0.337 e. The standard InChI is InChI=1S/C14H15N3O2/c1-9-4-3-7-16-12(9)8-17-13-10(14(18)19)5-2-6-11(13)15/h2-7,17H,8,15H2,1H3,(H,18,19). The second-order valence-corrected chi connectivity index (χ2v) is 4.20. The van der Waals surface area contributed by atoms with Gasteiger partial charge in [-0.2, -0.15) is 0 Å². The summed E-state index contributed by atoms with van der Waals surface area (Å²) in [6.07, 6.45) is 1.70. The van der Waals surface area contributed by atoms with Gasteiger partial charge in [-0.05, 0) is 30.7 Å². The molecule has 1 heterocycles. The number of nitrogens with zero attached hydrogens (tertiary/aromatic N) is 1. The molecule has 0 bridgehead atoms. The van der Waals surface area contributed by atoms with Gasteiger partial charge in [0.1, 0.15) is 0 Å². The minimum Gasteiger partial charge on any atom is -0.478 e. The van der Waals surface area contributed by atoms with E-state index in [1.165, 1.54) is 6.07 Å². The molecule has 2 aromatic rings. The van der Waals surface area contributed by atoms with Crippen molar-refractivity contribution in [2.45, 2.75) is 13.5 Å². The van der Waals surface area contributed by atoms with E-state index in [1.807, 2.05) is 19.1 Å². The van der Waals surface area contributed by atoms with Gasteiger partial charge in [-0.15, -0.1) is 0 Å². The molecule has 19 heavy (non-hydrogen) atoms. The Balaban J connectivity index is 2.25. The lowest BCUT2D eigenvalue weighted by molar-refractivity contribution is 0.0698. The number of anilines is 2. The molecule has 0 fully saturated rings. The Morgan fingerprint density at radius 2 is 2.16 bits per heavy atom. The number of carbonyl (C=O) groups is 1. The average Bonchev–Trinajstić information content (AvgIpc) is 2.38. The topological polar surface area (TPSA) is 88.2 Å². The van der Waals surface area contributed by atoms with Crippen molar-refractivity contribution < 1.29 is 9.90 Å². The average molecular weight is 257 g/mol. The number of nitrogens with one attached hydrogen (secondary N) is 1. The third-order valence-electron chi connectivity index (χ3n) is 2.88. The number of benzene rings is 1. The first kappa shape index (κ1) is 12.9. The molecule has 98 valence electrons. The van der Waals surface area contributed by atoms with E-state index in [2.05, 4.69) is 10.3 Å². The van der Waals surface area contributed by atoms with Crippen molar-refractivity contribution in [1.82, 2.24) is 4.98 Å². The van der Waals surface area contributed by atoms with E-state index in [0.29, 0.717) is 17.9 Å². The fraction of sp³-hybridized carbons (Fsp3) is 0.143. The molecule has 0 saturated heterocycles. The van der Waals surface area contributed by atoms with Crippen LogP contribution in [-0.2, 0) is 6.54 Å². The fourth-order valence-electron chi connectivity index (χ4n) is 1.82. The first-order valence-corrected chi connectivity index (χ1v) is 5.85. The number of nitrogen functional groups attached to an aromatic ring is 1. The predicted octanol–water partition coefficient (Wildman–Crippen LogP) is 2.28. The Bertz CT molecular complexity index is 611. The number of hydrogen-bond acceptors (Lipinski definition) is 4. The van der Waals surface area contributed by atoms with Crippen molar-refractivity contribution in [2.24, 2.45) is 0 Å². The summed E-state index contributed by atoms with van der Waals surface area (Å²) in [4.78, 5) is 15.4. The van der Waals surface area contributed by atoms with Gasteiger partial charge in [0.15, 0.2) is 0 Å². The van der Waals surface area contributed by atoms with Gasteiger partial charge in [-0.1, -0.05) is 12.1 Å². The molecule has 0 atom stereocenters. The Labute approximate surface area is 111 Å². The lowest BCUT2D eigenvalue weighted by atomic mass is 10.1. The number of nitrogens with two attached hydrogens (primary N) is 1. The first-order chi connectivity index (χ1) is 9.09. The van der Waals surface area contributed by atoms with Gasteiger partial charge in [-0.25, -0.2) is 4.79 Å². The van der Waals surface area contributed by atoms with Crippen molar-refractivity contribution in [3.8, 4) is 0 Å². The summed E-state index contributed by atoms with van der Waals surface area (Å²) in [5.74, 6) is -1.01. The lowest BCUT2D eigenvalue weighted by Gasteiger charge is -2.12. The zero-order chi connectivity index (χ0) is 13.8. The van der Waals surface area contributed by atoms with Gasteiger partial charge in [0.2, 0.25) is 0 Å². The SMILES string of the molecule is Cc1cccnc1CNc1c(N)cccc1C(=O)O. The molecule has 1 aromatic carbocycles. The van der Waals surface area contributed by atoms with Crippen LogP contribution in [0.25, 0.3) is 0 Å². The van der Waals surface area contributed by atoms with Crippen molar-refractivity contribution >= 4 is 17.3 Å². The van der Waals surface area contributed by atoms with Crippen LogP contribution in [0.1, 0.15) is 21.6 Å². The number of aromatic carboxylic acids is 1. The molecule has 2 rings (SSSR count). The third kappa shape index (κ3) is 2.82. The number of hydrogen-bond donors (Lipinski definition) is 3. The van der Waals surface area contributed by atoms with Gasteiger partial charge >= 0.3 is 5.97 Å². The summed E-state index contributed by atoms with van der Waals surface area (Å²) in [5.41, 5.74) is 8.72. The molecule has 5 heteroatoms. The monoisotopic (exact) mass is 257 g/mol. The molecule has 4 N–H and O–H groups in total. The second-order valence-electron chi connectivity index (χ2n) is 4.20. The molecule has 1 aromatic heterocycles. The maximum Gasteiger partial charge on any atom is 0.337 e. The first-order valence-electron chi connectivity index (χ1n) is 5.85. The second kappa shape index (κ2) is 5.39. The Kier molecular flexibility index (Phi) is 3.66. The van der Waals surface area contributed by atoms with Crippen LogP contribution in [0.15, 0.2) is 36.5 Å². The summed E-state index contributed by atoms with van der Waals surface area (Å²) < 4.78 is 0.